The van der Waals surface area contributed by atoms with Gasteiger partial charge in [-0.15, -0.1) is 0 Å². The SMILES string of the molecule is CCCCCCC(C)(C)O.Cc1[nH]c(C(CCCC(C)CCO)C(C)C)c(C)c1C. The molecule has 3 nitrogen and oxygen atoms in total. The van der Waals surface area contributed by atoms with Crippen molar-refractivity contribution in [3.63, 3.8) is 0 Å². The van der Waals surface area contributed by atoms with Gasteiger partial charge in [-0.2, -0.15) is 0 Å². The van der Waals surface area contributed by atoms with Crippen LogP contribution in [0.1, 0.15) is 128 Å². The number of aliphatic hydroxyl groups excluding tert-OH is 1. The monoisotopic (exact) mass is 423 g/mol. The van der Waals surface area contributed by atoms with Gasteiger partial charge in [0.2, 0.25) is 0 Å². The average molecular weight is 424 g/mol. The number of aromatic nitrogens is 1. The lowest BCUT2D eigenvalue weighted by Gasteiger charge is -2.22. The van der Waals surface area contributed by atoms with Crippen molar-refractivity contribution in [2.45, 2.75) is 132 Å². The Balaban J connectivity index is 0.000000710. The van der Waals surface area contributed by atoms with Crippen LogP contribution in [0.25, 0.3) is 0 Å². The Morgan fingerprint density at radius 2 is 1.50 bits per heavy atom. The number of aromatic amines is 1. The van der Waals surface area contributed by atoms with Crippen molar-refractivity contribution >= 4 is 0 Å². The third-order valence-corrected chi connectivity index (χ3v) is 6.50. The first-order chi connectivity index (χ1) is 13.9. The first-order valence-corrected chi connectivity index (χ1v) is 12.4. The molecule has 0 amide bonds. The predicted molar refractivity (Wildman–Crippen MR) is 132 cm³/mol. The third kappa shape index (κ3) is 12.2. The second-order valence-corrected chi connectivity index (χ2v) is 10.4. The van der Waals surface area contributed by atoms with Crippen molar-refractivity contribution in [3.8, 4) is 0 Å². The molecule has 0 aliphatic carbocycles. The molecule has 2 unspecified atom stereocenters. The summed E-state index contributed by atoms with van der Waals surface area (Å²) in [5.74, 6) is 1.93. The molecule has 2 atom stereocenters. The van der Waals surface area contributed by atoms with Crippen molar-refractivity contribution < 1.29 is 10.2 Å². The predicted octanol–water partition coefficient (Wildman–Crippen LogP) is 7.60. The summed E-state index contributed by atoms with van der Waals surface area (Å²) in [5.41, 5.74) is 5.18. The molecular formula is C27H53NO2. The van der Waals surface area contributed by atoms with Gasteiger partial charge in [0.15, 0.2) is 0 Å². The number of unbranched alkanes of at least 4 members (excludes halogenated alkanes) is 3. The molecule has 1 heterocycles. The minimum absolute atomic E-state index is 0.322. The van der Waals surface area contributed by atoms with Crippen molar-refractivity contribution in [2.75, 3.05) is 6.61 Å². The quantitative estimate of drug-likeness (QED) is 0.286. The molecule has 30 heavy (non-hydrogen) atoms. The lowest BCUT2D eigenvalue weighted by atomic mass is 9.84. The zero-order valence-corrected chi connectivity index (χ0v) is 21.7. The summed E-state index contributed by atoms with van der Waals surface area (Å²) in [6.07, 6.45) is 10.6. The summed E-state index contributed by atoms with van der Waals surface area (Å²) in [5, 5.41) is 18.3. The van der Waals surface area contributed by atoms with Crippen LogP contribution in [-0.2, 0) is 0 Å². The number of aryl methyl sites for hydroxylation is 1. The van der Waals surface area contributed by atoms with E-state index in [0.29, 0.717) is 24.4 Å². The number of nitrogens with one attached hydrogen (secondary N) is 1. The van der Waals surface area contributed by atoms with E-state index in [9.17, 15) is 5.11 Å². The molecule has 0 aliphatic rings. The summed E-state index contributed by atoms with van der Waals surface area (Å²) in [6, 6.07) is 0. The molecule has 0 fully saturated rings. The number of rotatable bonds is 13. The molecule has 0 aliphatic heterocycles. The van der Waals surface area contributed by atoms with Crippen molar-refractivity contribution in [2.24, 2.45) is 11.8 Å². The first kappa shape index (κ1) is 29.2. The summed E-state index contributed by atoms with van der Waals surface area (Å²) in [7, 11) is 0. The van der Waals surface area contributed by atoms with E-state index in [2.05, 4.69) is 53.5 Å². The topological polar surface area (TPSA) is 56.2 Å². The summed E-state index contributed by atoms with van der Waals surface area (Å²) < 4.78 is 0. The molecule has 0 spiro atoms. The van der Waals surface area contributed by atoms with Crippen LogP contribution in [0.3, 0.4) is 0 Å². The standard InChI is InChI=1S/C18H33NO.C9H20O/c1-12(2)17(9-7-8-13(3)10-11-20)18-15(5)14(4)16(6)19-18;1-4-5-6-7-8-9(2,3)10/h12-13,17,19-20H,7-11H2,1-6H3;10H,4-8H2,1-3H3. The zero-order valence-electron chi connectivity index (χ0n) is 21.7. The van der Waals surface area contributed by atoms with Crippen molar-refractivity contribution in [1.29, 1.82) is 0 Å². The lowest BCUT2D eigenvalue weighted by molar-refractivity contribution is 0.0680. The van der Waals surface area contributed by atoms with Crippen LogP contribution in [0, 0.1) is 32.6 Å². The van der Waals surface area contributed by atoms with Crippen LogP contribution in [0.5, 0.6) is 0 Å². The van der Waals surface area contributed by atoms with Crippen molar-refractivity contribution in [1.82, 2.24) is 4.98 Å². The first-order valence-electron chi connectivity index (χ1n) is 12.4. The van der Waals surface area contributed by atoms with Gasteiger partial charge in [0, 0.05) is 23.9 Å². The normalized spacial score (nSPS) is 13.9. The molecule has 0 saturated heterocycles. The smallest absolute Gasteiger partial charge is 0.0591 e. The van der Waals surface area contributed by atoms with E-state index in [0.717, 1.165) is 19.3 Å². The molecule has 0 bridgehead atoms. The van der Waals surface area contributed by atoms with Gasteiger partial charge in [0.1, 0.15) is 0 Å². The van der Waals surface area contributed by atoms with Gasteiger partial charge in [0.25, 0.3) is 0 Å². The van der Waals surface area contributed by atoms with Crippen LogP contribution in [0.2, 0.25) is 0 Å². The van der Waals surface area contributed by atoms with Crippen LogP contribution in [0.4, 0.5) is 0 Å². The molecule has 178 valence electrons. The van der Waals surface area contributed by atoms with Gasteiger partial charge in [-0.05, 0) is 76.8 Å². The number of aliphatic hydroxyl groups is 2. The van der Waals surface area contributed by atoms with Crippen LogP contribution in [-0.4, -0.2) is 27.4 Å². The van der Waals surface area contributed by atoms with Gasteiger partial charge < -0.3 is 15.2 Å². The highest BCUT2D eigenvalue weighted by Crippen LogP contribution is 2.34. The fraction of sp³-hybridized carbons (Fsp3) is 0.852. The van der Waals surface area contributed by atoms with Gasteiger partial charge in [-0.1, -0.05) is 66.2 Å². The Kier molecular flexibility index (Phi) is 14.7. The molecule has 0 saturated carbocycles. The fourth-order valence-corrected chi connectivity index (χ4v) is 4.09. The summed E-state index contributed by atoms with van der Waals surface area (Å²) >= 11 is 0. The molecule has 3 N–H and O–H groups in total. The minimum Gasteiger partial charge on any atom is -0.396 e. The van der Waals surface area contributed by atoms with E-state index in [4.69, 9.17) is 5.11 Å². The third-order valence-electron chi connectivity index (χ3n) is 6.50. The van der Waals surface area contributed by atoms with E-state index in [1.54, 1.807) is 0 Å². The number of H-pyrrole nitrogens is 1. The molecule has 0 aromatic carbocycles. The molecule has 1 aromatic rings. The van der Waals surface area contributed by atoms with Crippen LogP contribution >= 0.6 is 0 Å². The second kappa shape index (κ2) is 15.1. The maximum Gasteiger partial charge on any atom is 0.0591 e. The van der Waals surface area contributed by atoms with E-state index in [-0.39, 0.29) is 0 Å². The maximum atomic E-state index is 9.32. The average Bonchev–Trinajstić information content (AvgIpc) is 2.89. The molecule has 3 heteroatoms. The van der Waals surface area contributed by atoms with E-state index >= 15 is 0 Å². The molecule has 0 radical (unpaired) electrons. The molecule has 1 aromatic heterocycles. The fourth-order valence-electron chi connectivity index (χ4n) is 4.09. The summed E-state index contributed by atoms with van der Waals surface area (Å²) in [6.45, 7) is 19.8. The van der Waals surface area contributed by atoms with Gasteiger partial charge in [0.05, 0.1) is 5.60 Å². The van der Waals surface area contributed by atoms with Crippen molar-refractivity contribution in [3.05, 3.63) is 22.5 Å². The Hall–Kier alpha value is -0.800. The van der Waals surface area contributed by atoms with E-state index in [1.165, 1.54) is 61.0 Å². The minimum atomic E-state index is -0.451. The zero-order chi connectivity index (χ0) is 23.3. The largest absolute Gasteiger partial charge is 0.396 e. The highest BCUT2D eigenvalue weighted by molar-refractivity contribution is 5.36. The Bertz CT molecular complexity index is 554. The molecular weight excluding hydrogens is 370 g/mol. The molecule has 1 rings (SSSR count). The Morgan fingerprint density at radius 3 is 1.93 bits per heavy atom. The summed E-state index contributed by atoms with van der Waals surface area (Å²) in [4.78, 5) is 3.62. The van der Waals surface area contributed by atoms with E-state index in [1.807, 2.05) is 13.8 Å². The highest BCUT2D eigenvalue weighted by Gasteiger charge is 2.21. The Labute approximate surface area is 188 Å². The maximum absolute atomic E-state index is 9.32. The Morgan fingerprint density at radius 1 is 0.867 bits per heavy atom. The lowest BCUT2D eigenvalue weighted by Crippen LogP contribution is -2.17. The van der Waals surface area contributed by atoms with Gasteiger partial charge in [-0.25, -0.2) is 0 Å². The van der Waals surface area contributed by atoms with Crippen LogP contribution in [0.15, 0.2) is 0 Å². The van der Waals surface area contributed by atoms with Gasteiger partial charge in [-0.3, -0.25) is 0 Å². The van der Waals surface area contributed by atoms with E-state index < -0.39 is 5.60 Å². The second-order valence-electron chi connectivity index (χ2n) is 10.4. The highest BCUT2D eigenvalue weighted by atomic mass is 16.3. The van der Waals surface area contributed by atoms with Crippen LogP contribution < -0.4 is 0 Å². The number of hydrogen-bond acceptors (Lipinski definition) is 2. The van der Waals surface area contributed by atoms with Gasteiger partial charge >= 0.3 is 0 Å². The number of hydrogen-bond donors (Lipinski definition) is 3.